The average Bonchev–Trinajstić information content (AvgIpc) is 3.35. The minimum Gasteiger partial charge on any atom is -0.382 e. The molecule has 1 aliphatic carbocycles. The highest BCUT2D eigenvalue weighted by molar-refractivity contribution is 5.92. The Morgan fingerprint density at radius 2 is 1.94 bits per heavy atom. The molecule has 8 nitrogen and oxygen atoms in total. The first kappa shape index (κ1) is 20.3. The van der Waals surface area contributed by atoms with E-state index in [1.165, 1.54) is 12.4 Å². The highest BCUT2D eigenvalue weighted by atomic mass is 19.4. The molecule has 0 bridgehead atoms. The molecule has 1 fully saturated rings. The lowest BCUT2D eigenvalue weighted by Crippen LogP contribution is -2.27. The van der Waals surface area contributed by atoms with Crippen LogP contribution in [0.5, 0.6) is 0 Å². The number of fused-ring (bicyclic) bond motifs is 2. The summed E-state index contributed by atoms with van der Waals surface area (Å²) < 4.78 is 42.0. The highest BCUT2D eigenvalue weighted by Crippen LogP contribution is 2.40. The molecule has 1 aliphatic rings. The van der Waals surface area contributed by atoms with Gasteiger partial charge >= 0.3 is 6.18 Å². The zero-order chi connectivity index (χ0) is 22.6. The molecule has 3 aromatic heterocycles. The molecular weight excluding hydrogens is 423 g/mol. The lowest BCUT2D eigenvalue weighted by Gasteiger charge is -2.25. The zero-order valence-electron chi connectivity index (χ0n) is 16.9. The highest BCUT2D eigenvalue weighted by Gasteiger charge is 2.34. The maximum Gasteiger partial charge on any atom is 0.418 e. The Morgan fingerprint density at radius 3 is 2.62 bits per heavy atom. The summed E-state index contributed by atoms with van der Waals surface area (Å²) in [6, 6.07) is 5.63. The summed E-state index contributed by atoms with van der Waals surface area (Å²) in [6.07, 6.45) is -0.496. The van der Waals surface area contributed by atoms with E-state index in [0.717, 1.165) is 6.07 Å². The predicted octanol–water partition coefficient (Wildman–Crippen LogP) is 3.63. The fraction of sp³-hybridized carbons (Fsp3) is 0.333. The first-order chi connectivity index (χ1) is 15.2. The largest absolute Gasteiger partial charge is 0.418 e. The number of carbonyl (C=O) groups excluding carboxylic acids is 1. The van der Waals surface area contributed by atoms with E-state index < -0.39 is 11.7 Å². The summed E-state index contributed by atoms with van der Waals surface area (Å²) in [7, 11) is 0. The van der Waals surface area contributed by atoms with E-state index in [-0.39, 0.29) is 29.1 Å². The van der Waals surface area contributed by atoms with Crippen LogP contribution in [0.1, 0.15) is 43.0 Å². The Balaban J connectivity index is 1.64. The number of nitrogens with one attached hydrogen (secondary N) is 1. The molecule has 4 aromatic rings. The number of halogens is 3. The average molecular weight is 443 g/mol. The minimum atomic E-state index is -4.50. The molecule has 11 heteroatoms. The topological polar surface area (TPSA) is 128 Å². The van der Waals surface area contributed by atoms with Crippen LogP contribution in [-0.2, 0) is 11.0 Å². The van der Waals surface area contributed by atoms with Gasteiger partial charge in [0.1, 0.15) is 23.4 Å². The molecule has 3 heterocycles. The number of hydrogen-bond acceptors (Lipinski definition) is 5. The van der Waals surface area contributed by atoms with Gasteiger partial charge in [0.05, 0.1) is 16.8 Å². The number of nitrogen functional groups attached to an aromatic ring is 1. The molecular formula is C21H20F3N7O. The monoisotopic (exact) mass is 443 g/mol. The van der Waals surface area contributed by atoms with Gasteiger partial charge in [-0.15, -0.1) is 0 Å². The summed E-state index contributed by atoms with van der Waals surface area (Å²) in [5.41, 5.74) is 12.0. The lowest BCUT2D eigenvalue weighted by atomic mass is 9.81. The van der Waals surface area contributed by atoms with Gasteiger partial charge in [-0.1, -0.05) is 12.1 Å². The maximum atomic E-state index is 13.5. The van der Waals surface area contributed by atoms with Crippen LogP contribution in [0, 0.1) is 5.92 Å². The summed E-state index contributed by atoms with van der Waals surface area (Å²) in [5, 5.41) is 4.72. The van der Waals surface area contributed by atoms with Gasteiger partial charge in [0, 0.05) is 17.2 Å². The maximum absolute atomic E-state index is 13.5. The van der Waals surface area contributed by atoms with E-state index >= 15 is 0 Å². The fourth-order valence-electron chi connectivity index (χ4n) is 4.59. The Kier molecular flexibility index (Phi) is 4.57. The van der Waals surface area contributed by atoms with Crippen LogP contribution in [0.15, 0.2) is 30.6 Å². The van der Waals surface area contributed by atoms with Crippen LogP contribution < -0.4 is 11.5 Å². The van der Waals surface area contributed by atoms with Crippen molar-refractivity contribution in [1.82, 2.24) is 24.6 Å². The summed E-state index contributed by atoms with van der Waals surface area (Å²) in [5.74, 6) is 0.362. The number of primary amides is 1. The van der Waals surface area contributed by atoms with Crippen LogP contribution in [0.4, 0.5) is 19.0 Å². The Labute approximate surface area is 179 Å². The lowest BCUT2D eigenvalue weighted by molar-refractivity contribution is -0.136. The van der Waals surface area contributed by atoms with Crippen molar-refractivity contribution in [3.63, 3.8) is 0 Å². The smallest absolute Gasteiger partial charge is 0.382 e. The summed E-state index contributed by atoms with van der Waals surface area (Å²) in [6.45, 7) is 0. The molecule has 0 aliphatic heterocycles. The number of para-hydroxylation sites is 1. The van der Waals surface area contributed by atoms with Crippen molar-refractivity contribution in [1.29, 1.82) is 0 Å². The van der Waals surface area contributed by atoms with Gasteiger partial charge in [-0.2, -0.15) is 18.3 Å². The van der Waals surface area contributed by atoms with Crippen LogP contribution >= 0.6 is 0 Å². The van der Waals surface area contributed by atoms with Gasteiger partial charge in [0.25, 0.3) is 0 Å². The van der Waals surface area contributed by atoms with Crippen molar-refractivity contribution < 1.29 is 18.0 Å². The van der Waals surface area contributed by atoms with Gasteiger partial charge in [-0.05, 0) is 37.8 Å². The van der Waals surface area contributed by atoms with Crippen molar-refractivity contribution in [2.24, 2.45) is 11.7 Å². The van der Waals surface area contributed by atoms with Gasteiger partial charge in [-0.3, -0.25) is 4.79 Å². The standard InChI is InChI=1S/C21H20F3N7O/c22-21(23,24)13-3-1-2-12-8-14(29-15(12)13)16-17-18(25)27-9-28-31(17)20(30-16)11-6-4-10(5-7-11)19(26)32/h1-3,8-11,29H,4-7H2,(H2,26,32)(H2,25,27,28). The number of H-pyrrole nitrogens is 1. The second kappa shape index (κ2) is 7.21. The number of aromatic amines is 1. The molecule has 0 saturated heterocycles. The third kappa shape index (κ3) is 3.24. The molecule has 5 rings (SSSR count). The fourth-order valence-corrected chi connectivity index (χ4v) is 4.59. The second-order valence-electron chi connectivity index (χ2n) is 8.13. The molecule has 166 valence electrons. The minimum absolute atomic E-state index is 0.0104. The number of benzene rings is 1. The Morgan fingerprint density at radius 1 is 1.19 bits per heavy atom. The van der Waals surface area contributed by atoms with Gasteiger partial charge in [0.15, 0.2) is 5.82 Å². The zero-order valence-corrected chi connectivity index (χ0v) is 16.9. The molecule has 0 radical (unpaired) electrons. The third-order valence-corrected chi connectivity index (χ3v) is 6.20. The number of hydrogen-bond donors (Lipinski definition) is 3. The van der Waals surface area contributed by atoms with Crippen molar-refractivity contribution in [3.8, 4) is 11.4 Å². The van der Waals surface area contributed by atoms with Crippen molar-refractivity contribution in [2.45, 2.75) is 37.8 Å². The molecule has 0 spiro atoms. The predicted molar refractivity (Wildman–Crippen MR) is 111 cm³/mol. The molecule has 5 N–H and O–H groups in total. The Bertz CT molecular complexity index is 1330. The van der Waals surface area contributed by atoms with Crippen LogP contribution in [-0.4, -0.2) is 30.5 Å². The van der Waals surface area contributed by atoms with Crippen LogP contribution in [0.2, 0.25) is 0 Å². The van der Waals surface area contributed by atoms with Crippen LogP contribution in [0.3, 0.4) is 0 Å². The van der Waals surface area contributed by atoms with Crippen molar-refractivity contribution >= 4 is 28.1 Å². The third-order valence-electron chi connectivity index (χ3n) is 6.20. The van der Waals surface area contributed by atoms with E-state index in [2.05, 4.69) is 15.1 Å². The number of anilines is 1. The molecule has 1 saturated carbocycles. The van der Waals surface area contributed by atoms with E-state index in [1.54, 1.807) is 16.6 Å². The van der Waals surface area contributed by atoms with E-state index in [0.29, 0.717) is 53.8 Å². The normalized spacial score (nSPS) is 19.6. The second-order valence-corrected chi connectivity index (χ2v) is 8.13. The van der Waals surface area contributed by atoms with E-state index in [1.807, 2.05) is 0 Å². The van der Waals surface area contributed by atoms with E-state index in [4.69, 9.17) is 16.5 Å². The van der Waals surface area contributed by atoms with Gasteiger partial charge < -0.3 is 16.5 Å². The first-order valence-corrected chi connectivity index (χ1v) is 10.2. The molecule has 0 atom stereocenters. The van der Waals surface area contributed by atoms with Gasteiger partial charge in [-0.25, -0.2) is 14.5 Å². The number of imidazole rings is 1. The number of carbonyl (C=O) groups is 1. The Hall–Kier alpha value is -3.63. The first-order valence-electron chi connectivity index (χ1n) is 10.2. The molecule has 32 heavy (non-hydrogen) atoms. The number of amides is 1. The van der Waals surface area contributed by atoms with Crippen molar-refractivity contribution in [3.05, 3.63) is 42.0 Å². The number of nitrogens with two attached hydrogens (primary N) is 2. The van der Waals surface area contributed by atoms with Crippen molar-refractivity contribution in [2.75, 3.05) is 5.73 Å². The summed E-state index contributed by atoms with van der Waals surface area (Å²) in [4.78, 5) is 23.2. The quantitative estimate of drug-likeness (QED) is 0.445. The van der Waals surface area contributed by atoms with E-state index in [9.17, 15) is 18.0 Å². The number of alkyl halides is 3. The molecule has 1 aromatic carbocycles. The summed E-state index contributed by atoms with van der Waals surface area (Å²) >= 11 is 0. The SMILES string of the molecule is NC(=O)C1CCC(c2nc(-c3cc4cccc(C(F)(F)F)c4[nH]3)c3c(N)ncnn23)CC1. The molecule has 1 amide bonds. The number of aromatic nitrogens is 5. The molecule has 0 unspecified atom stereocenters. The number of rotatable bonds is 3. The number of nitrogens with zero attached hydrogens (tertiary/aromatic N) is 4. The van der Waals surface area contributed by atoms with Crippen LogP contribution in [0.25, 0.3) is 27.8 Å². The van der Waals surface area contributed by atoms with Gasteiger partial charge in [0.2, 0.25) is 5.91 Å².